The zero-order valence-corrected chi connectivity index (χ0v) is 15.4. The molecule has 4 rings (SSSR count). The number of hydrogen-bond donors (Lipinski definition) is 0. The molecule has 2 heterocycles. The molecular formula is C17H12Cl2N4OS. The highest BCUT2D eigenvalue weighted by Crippen LogP contribution is 2.32. The second kappa shape index (κ2) is 6.37. The molecule has 0 N–H and O–H groups in total. The van der Waals surface area contributed by atoms with Crippen molar-refractivity contribution in [1.82, 2.24) is 19.2 Å². The van der Waals surface area contributed by atoms with Crippen LogP contribution in [0.25, 0.3) is 16.7 Å². The van der Waals surface area contributed by atoms with Crippen molar-refractivity contribution in [3.63, 3.8) is 0 Å². The Bertz CT molecular complexity index is 1170. The number of thioether (sulfide) groups is 1. The molecule has 0 spiro atoms. The third-order valence-corrected chi connectivity index (χ3v) is 5.67. The first-order valence-corrected chi connectivity index (χ1v) is 9.20. The lowest BCUT2D eigenvalue weighted by Crippen LogP contribution is -2.20. The van der Waals surface area contributed by atoms with E-state index in [1.54, 1.807) is 19.2 Å². The zero-order valence-electron chi connectivity index (χ0n) is 13.1. The Labute approximate surface area is 157 Å². The summed E-state index contributed by atoms with van der Waals surface area (Å²) in [7, 11) is 1.70. The van der Waals surface area contributed by atoms with Crippen LogP contribution in [0, 0.1) is 0 Å². The van der Waals surface area contributed by atoms with Gasteiger partial charge in [-0.2, -0.15) is 0 Å². The second-order valence-electron chi connectivity index (χ2n) is 5.50. The van der Waals surface area contributed by atoms with Crippen LogP contribution in [-0.2, 0) is 12.8 Å². The van der Waals surface area contributed by atoms with E-state index in [0.717, 1.165) is 16.2 Å². The molecule has 0 aliphatic carbocycles. The van der Waals surface area contributed by atoms with E-state index in [0.29, 0.717) is 27.0 Å². The van der Waals surface area contributed by atoms with Gasteiger partial charge in [-0.15, -0.1) is 22.0 Å². The van der Waals surface area contributed by atoms with Crippen LogP contribution in [0.15, 0.2) is 52.2 Å². The molecule has 8 heteroatoms. The van der Waals surface area contributed by atoms with Crippen LogP contribution in [0.3, 0.4) is 0 Å². The van der Waals surface area contributed by atoms with Gasteiger partial charge in [0.25, 0.3) is 5.56 Å². The van der Waals surface area contributed by atoms with E-state index in [4.69, 9.17) is 23.2 Å². The highest BCUT2D eigenvalue weighted by atomic mass is 35.5. The zero-order chi connectivity index (χ0) is 17.6. The molecule has 0 aliphatic heterocycles. The second-order valence-corrected chi connectivity index (χ2v) is 7.36. The molecule has 0 bridgehead atoms. The van der Waals surface area contributed by atoms with Gasteiger partial charge in [-0.25, -0.2) is 0 Å². The van der Waals surface area contributed by atoms with Crippen LogP contribution < -0.4 is 5.56 Å². The van der Waals surface area contributed by atoms with Gasteiger partial charge in [0.1, 0.15) is 5.82 Å². The van der Waals surface area contributed by atoms with Gasteiger partial charge in [0.05, 0.1) is 21.7 Å². The van der Waals surface area contributed by atoms with Gasteiger partial charge >= 0.3 is 0 Å². The molecule has 0 radical (unpaired) electrons. The minimum atomic E-state index is -0.0902. The summed E-state index contributed by atoms with van der Waals surface area (Å²) in [5.74, 6) is 1.79. The van der Waals surface area contributed by atoms with Gasteiger partial charge in [0, 0.05) is 17.0 Å². The molecule has 0 unspecified atom stereocenters. The summed E-state index contributed by atoms with van der Waals surface area (Å²) in [6, 6.07) is 12.8. The monoisotopic (exact) mass is 390 g/mol. The van der Waals surface area contributed by atoms with E-state index in [9.17, 15) is 4.79 Å². The normalized spacial score (nSPS) is 11.5. The summed E-state index contributed by atoms with van der Waals surface area (Å²) in [6.07, 6.45) is 0. The highest BCUT2D eigenvalue weighted by Gasteiger charge is 2.15. The van der Waals surface area contributed by atoms with Gasteiger partial charge in [0.2, 0.25) is 5.78 Å². The Hall–Kier alpha value is -2.02. The molecule has 0 fully saturated rings. The number of halogens is 2. The molecule has 0 amide bonds. The first-order valence-electron chi connectivity index (χ1n) is 7.46. The number of rotatable bonds is 3. The molecule has 4 aromatic rings. The fourth-order valence-corrected chi connectivity index (χ4v) is 4.12. The predicted octanol–water partition coefficient (Wildman–Crippen LogP) is 4.18. The number of nitrogens with zero attached hydrogens (tertiary/aromatic N) is 4. The van der Waals surface area contributed by atoms with Crippen molar-refractivity contribution < 1.29 is 0 Å². The van der Waals surface area contributed by atoms with Crippen molar-refractivity contribution in [1.29, 1.82) is 0 Å². The molecule has 0 atom stereocenters. The molecule has 126 valence electrons. The highest BCUT2D eigenvalue weighted by molar-refractivity contribution is 7.98. The maximum Gasteiger partial charge on any atom is 0.262 e. The predicted molar refractivity (Wildman–Crippen MR) is 102 cm³/mol. The molecule has 2 aromatic heterocycles. The van der Waals surface area contributed by atoms with E-state index < -0.39 is 0 Å². The number of benzene rings is 2. The topological polar surface area (TPSA) is 52.2 Å². The largest absolute Gasteiger partial charge is 0.279 e. The Morgan fingerprint density at radius 1 is 1.12 bits per heavy atom. The fraction of sp³-hybridized carbons (Fsp3) is 0.118. The van der Waals surface area contributed by atoms with Gasteiger partial charge in [-0.3, -0.25) is 13.8 Å². The number of aromatic nitrogens is 4. The average Bonchev–Trinajstić information content (AvgIpc) is 3.05. The molecule has 0 saturated carbocycles. The van der Waals surface area contributed by atoms with E-state index in [1.807, 2.05) is 34.7 Å². The van der Waals surface area contributed by atoms with Gasteiger partial charge in [-0.05, 0) is 30.3 Å². The number of hydrogen-bond acceptors (Lipinski definition) is 4. The number of para-hydroxylation sites is 1. The van der Waals surface area contributed by atoms with E-state index in [-0.39, 0.29) is 5.56 Å². The van der Waals surface area contributed by atoms with E-state index >= 15 is 0 Å². The Kier molecular flexibility index (Phi) is 4.19. The molecular weight excluding hydrogens is 379 g/mol. The molecule has 0 aliphatic rings. The molecule has 5 nitrogen and oxygen atoms in total. The van der Waals surface area contributed by atoms with E-state index in [1.165, 1.54) is 16.3 Å². The summed E-state index contributed by atoms with van der Waals surface area (Å²) >= 11 is 13.8. The lowest BCUT2D eigenvalue weighted by Gasteiger charge is -2.08. The number of aryl methyl sites for hydroxylation is 1. The first kappa shape index (κ1) is 16.4. The van der Waals surface area contributed by atoms with Gasteiger partial charge < -0.3 is 0 Å². The van der Waals surface area contributed by atoms with Crippen LogP contribution >= 0.6 is 35.0 Å². The van der Waals surface area contributed by atoms with Gasteiger partial charge in [0.15, 0.2) is 0 Å². The summed E-state index contributed by atoms with van der Waals surface area (Å²) in [4.78, 5) is 13.3. The van der Waals surface area contributed by atoms with Crippen molar-refractivity contribution >= 4 is 51.6 Å². The van der Waals surface area contributed by atoms with Crippen molar-refractivity contribution in [3.05, 3.63) is 68.7 Å². The first-order chi connectivity index (χ1) is 12.1. The summed E-state index contributed by atoms with van der Waals surface area (Å²) in [6.45, 7) is 0. The SMILES string of the molecule is Cn1c(=O)c2ccccc2n2c(CSc3cc(Cl)ccc3Cl)nnc12. The van der Waals surface area contributed by atoms with Crippen molar-refractivity contribution in [2.45, 2.75) is 10.6 Å². The third kappa shape index (κ3) is 2.80. The lowest BCUT2D eigenvalue weighted by atomic mass is 10.2. The van der Waals surface area contributed by atoms with Crippen molar-refractivity contribution in [2.75, 3.05) is 0 Å². The van der Waals surface area contributed by atoms with Crippen LogP contribution in [0.4, 0.5) is 0 Å². The van der Waals surface area contributed by atoms with Crippen LogP contribution in [0.2, 0.25) is 10.0 Å². The van der Waals surface area contributed by atoms with Crippen LogP contribution in [0.5, 0.6) is 0 Å². The molecule has 0 saturated heterocycles. The quantitative estimate of drug-likeness (QED) is 0.492. The number of fused-ring (bicyclic) bond motifs is 3. The fourth-order valence-electron chi connectivity index (χ4n) is 2.72. The third-order valence-electron chi connectivity index (χ3n) is 3.94. The summed E-state index contributed by atoms with van der Waals surface area (Å²) < 4.78 is 3.41. The maximum absolute atomic E-state index is 12.5. The van der Waals surface area contributed by atoms with Crippen molar-refractivity contribution in [3.8, 4) is 0 Å². The smallest absolute Gasteiger partial charge is 0.262 e. The Balaban J connectivity index is 1.83. The standard InChI is InChI=1S/C17H12Cl2N4OS/c1-22-16(24)11-4-2-3-5-13(11)23-15(20-21-17(22)23)9-25-14-8-10(18)6-7-12(14)19/h2-8H,9H2,1H3. The van der Waals surface area contributed by atoms with E-state index in [2.05, 4.69) is 10.2 Å². The average molecular weight is 391 g/mol. The summed E-state index contributed by atoms with van der Waals surface area (Å²) in [5, 5.41) is 10.4. The maximum atomic E-state index is 12.5. The Morgan fingerprint density at radius 3 is 2.76 bits per heavy atom. The lowest BCUT2D eigenvalue weighted by molar-refractivity contribution is 0.858. The van der Waals surface area contributed by atoms with Crippen LogP contribution in [0.1, 0.15) is 5.82 Å². The summed E-state index contributed by atoms with van der Waals surface area (Å²) in [5.41, 5.74) is 0.700. The molecule has 2 aromatic carbocycles. The minimum absolute atomic E-state index is 0.0902. The Morgan fingerprint density at radius 2 is 1.92 bits per heavy atom. The molecule has 25 heavy (non-hydrogen) atoms. The van der Waals surface area contributed by atoms with Crippen LogP contribution in [-0.4, -0.2) is 19.2 Å². The minimum Gasteiger partial charge on any atom is -0.279 e. The van der Waals surface area contributed by atoms with Gasteiger partial charge in [-0.1, -0.05) is 35.3 Å². The van der Waals surface area contributed by atoms with Crippen molar-refractivity contribution in [2.24, 2.45) is 7.05 Å².